The number of phosphoric acid groups is 1. The van der Waals surface area contributed by atoms with Crippen LogP contribution in [0.5, 0.6) is 0 Å². The molecule has 10 heteroatoms. The molecule has 0 bridgehead atoms. The fourth-order valence-corrected chi connectivity index (χ4v) is 11.5. The van der Waals surface area contributed by atoms with E-state index in [9.17, 15) is 19.0 Å². The van der Waals surface area contributed by atoms with Crippen LogP contribution < -0.4 is 10.2 Å². The Labute approximate surface area is 551 Å². The second-order valence-electron chi connectivity index (χ2n) is 26.4. The van der Waals surface area contributed by atoms with Gasteiger partial charge in [-0.3, -0.25) is 14.2 Å². The number of nitrogens with zero attached hydrogens (tertiary/aromatic N) is 1. The number of nitrogens with one attached hydrogen (secondary N) is 1. The number of carbonyl (C=O) groups is 2. The highest BCUT2D eigenvalue weighted by Gasteiger charge is 2.27. The third kappa shape index (κ3) is 69.1. The number of carbonyl (C=O) groups excluding carboxylic acids is 2. The lowest BCUT2D eigenvalue weighted by molar-refractivity contribution is -0.870. The van der Waals surface area contributed by atoms with Crippen molar-refractivity contribution < 1.29 is 37.3 Å². The maximum Gasteiger partial charge on any atom is 0.306 e. The Morgan fingerprint density at radius 3 is 1.09 bits per heavy atom. The predicted octanol–water partition coefficient (Wildman–Crippen LogP) is 23.6. The van der Waals surface area contributed by atoms with Crippen molar-refractivity contribution in [1.82, 2.24) is 5.32 Å². The molecule has 0 aliphatic carbocycles. The monoisotopic (exact) mass is 1260 g/mol. The van der Waals surface area contributed by atoms with E-state index in [2.05, 4.69) is 111 Å². The standard InChI is InChI=1S/C79H143N2O7P/c1-7-10-13-16-19-22-25-28-30-32-34-36-38-39-40-41-43-45-47-49-51-54-57-60-63-66-69-72-79(83)88-77(70-67-64-61-58-55-52-27-24-21-18-15-12-9-3)76(75-87-89(84,85)86-74-73-81(4,5)6)80-78(82)71-68-65-62-59-56-53-50-48-46-44-42-37-35-33-31-29-26-23-20-17-14-11-8-2/h11,14,20,23,28-31,35,37,44,46,50,53,67,70,76-77H,7-10,12-13,15-19,21-22,24-27,32-34,36,38-43,45,47-49,51-52,54-66,68-69,71-75H2,1-6H3,(H-,80,82,84,85)/b14-11-,23-20-,30-28+,31-29-,37-35-,46-44-,53-50-,70-67+. The highest BCUT2D eigenvalue weighted by molar-refractivity contribution is 7.45. The van der Waals surface area contributed by atoms with E-state index in [0.29, 0.717) is 17.4 Å². The molecule has 0 saturated heterocycles. The Morgan fingerprint density at radius 2 is 0.719 bits per heavy atom. The Balaban J connectivity index is 5.07. The molecule has 89 heavy (non-hydrogen) atoms. The van der Waals surface area contributed by atoms with E-state index >= 15 is 0 Å². The molecule has 0 aliphatic heterocycles. The van der Waals surface area contributed by atoms with Crippen LogP contribution in [-0.2, 0) is 27.9 Å². The highest BCUT2D eigenvalue weighted by atomic mass is 31.2. The Kier molecular flexibility index (Phi) is 65.5. The first-order chi connectivity index (χ1) is 43.4. The highest BCUT2D eigenvalue weighted by Crippen LogP contribution is 2.38. The molecule has 0 spiro atoms. The zero-order chi connectivity index (χ0) is 64.9. The fourth-order valence-electron chi connectivity index (χ4n) is 10.8. The number of phosphoric ester groups is 1. The minimum atomic E-state index is -4.72. The first-order valence-electron chi connectivity index (χ1n) is 37.5. The molecular formula is C79H143N2O7P. The largest absolute Gasteiger partial charge is 0.756 e. The van der Waals surface area contributed by atoms with Gasteiger partial charge in [-0.25, -0.2) is 0 Å². The van der Waals surface area contributed by atoms with E-state index in [1.807, 2.05) is 33.3 Å². The minimum absolute atomic E-state index is 0.0306. The van der Waals surface area contributed by atoms with Crippen molar-refractivity contribution in [1.29, 1.82) is 0 Å². The second-order valence-corrected chi connectivity index (χ2v) is 27.8. The number of hydrogen-bond acceptors (Lipinski definition) is 7. The molecule has 0 aromatic heterocycles. The molecule has 0 radical (unpaired) electrons. The minimum Gasteiger partial charge on any atom is -0.756 e. The van der Waals surface area contributed by atoms with Gasteiger partial charge in [-0.05, 0) is 109 Å². The summed E-state index contributed by atoms with van der Waals surface area (Å²) in [6, 6.07) is -0.908. The first kappa shape index (κ1) is 85.9. The summed E-state index contributed by atoms with van der Waals surface area (Å²) >= 11 is 0. The van der Waals surface area contributed by atoms with Crippen molar-refractivity contribution >= 4 is 19.7 Å². The quantitative estimate of drug-likeness (QED) is 0.0212. The molecule has 0 saturated carbocycles. The van der Waals surface area contributed by atoms with Crippen LogP contribution in [0.3, 0.4) is 0 Å². The molecule has 9 nitrogen and oxygen atoms in total. The van der Waals surface area contributed by atoms with Crippen LogP contribution in [0.4, 0.5) is 0 Å². The van der Waals surface area contributed by atoms with E-state index in [1.165, 1.54) is 199 Å². The van der Waals surface area contributed by atoms with Gasteiger partial charge in [0.25, 0.3) is 7.82 Å². The number of unbranched alkanes of at least 4 members (excludes halogenated alkanes) is 38. The predicted molar refractivity (Wildman–Crippen MR) is 385 cm³/mol. The Morgan fingerprint density at radius 1 is 0.404 bits per heavy atom. The van der Waals surface area contributed by atoms with Crippen LogP contribution in [0, 0.1) is 0 Å². The molecule has 0 aliphatic rings. The number of quaternary nitrogens is 1. The Bertz CT molecular complexity index is 1840. The van der Waals surface area contributed by atoms with Crippen LogP contribution in [0.1, 0.15) is 342 Å². The average molecular weight is 1260 g/mol. The maximum atomic E-state index is 13.6. The van der Waals surface area contributed by atoms with Crippen molar-refractivity contribution in [2.75, 3.05) is 40.9 Å². The van der Waals surface area contributed by atoms with Gasteiger partial charge in [-0.15, -0.1) is 0 Å². The van der Waals surface area contributed by atoms with Crippen LogP contribution in [-0.4, -0.2) is 69.4 Å². The van der Waals surface area contributed by atoms with Gasteiger partial charge in [-0.2, -0.15) is 0 Å². The third-order valence-corrected chi connectivity index (χ3v) is 17.5. The van der Waals surface area contributed by atoms with Gasteiger partial charge < -0.3 is 28.5 Å². The van der Waals surface area contributed by atoms with Gasteiger partial charge >= 0.3 is 5.97 Å². The smallest absolute Gasteiger partial charge is 0.306 e. The lowest BCUT2D eigenvalue weighted by Crippen LogP contribution is -2.47. The molecule has 0 rings (SSSR count). The average Bonchev–Trinajstić information content (AvgIpc) is 3.64. The second kappa shape index (κ2) is 67.8. The molecule has 1 amide bonds. The van der Waals surface area contributed by atoms with Crippen molar-refractivity contribution in [2.45, 2.75) is 354 Å². The molecule has 0 fully saturated rings. The lowest BCUT2D eigenvalue weighted by Gasteiger charge is -2.30. The zero-order valence-electron chi connectivity index (χ0n) is 59.1. The fraction of sp³-hybridized carbons (Fsp3) is 0.772. The molecular weight excluding hydrogens is 1120 g/mol. The lowest BCUT2D eigenvalue weighted by atomic mass is 10.0. The van der Waals surface area contributed by atoms with Gasteiger partial charge in [0.15, 0.2) is 0 Å². The SMILES string of the molecule is CC/C=C\C/C=C\C/C=C\C/C=C\C/C=C\C/C=C\CCCCCCC(=O)NC(COP(=O)([O-])OCC[N+](C)(C)C)C(/C=C/CCCCCCCCCCCCC)OC(=O)CCCCCCCCCCCCCCCCCCC/C=C/CCCCCCCC. The summed E-state index contributed by atoms with van der Waals surface area (Å²) in [4.78, 5) is 40.3. The number of amides is 1. The van der Waals surface area contributed by atoms with Gasteiger partial charge in [0, 0.05) is 12.8 Å². The van der Waals surface area contributed by atoms with E-state index in [4.69, 9.17) is 13.8 Å². The number of ether oxygens (including phenoxy) is 1. The summed E-state index contributed by atoms with van der Waals surface area (Å²) in [6.45, 7) is 6.74. The first-order valence-corrected chi connectivity index (χ1v) is 39.0. The molecule has 516 valence electrons. The molecule has 0 aromatic rings. The topological polar surface area (TPSA) is 114 Å². The van der Waals surface area contributed by atoms with E-state index in [0.717, 1.165) is 103 Å². The van der Waals surface area contributed by atoms with Gasteiger partial charge in [-0.1, -0.05) is 317 Å². The number of likely N-dealkylation sites (N-methyl/N-ethyl adjacent to an activating group) is 1. The summed E-state index contributed by atoms with van der Waals surface area (Å²) < 4.78 is 30.5. The van der Waals surface area contributed by atoms with E-state index in [-0.39, 0.29) is 31.3 Å². The van der Waals surface area contributed by atoms with Crippen molar-refractivity contribution in [2.24, 2.45) is 0 Å². The zero-order valence-corrected chi connectivity index (χ0v) is 60.0. The molecule has 1 N–H and O–H groups in total. The van der Waals surface area contributed by atoms with E-state index < -0.39 is 26.6 Å². The van der Waals surface area contributed by atoms with Crippen LogP contribution in [0.25, 0.3) is 0 Å². The van der Waals surface area contributed by atoms with Crippen LogP contribution >= 0.6 is 7.82 Å². The van der Waals surface area contributed by atoms with Gasteiger partial charge in [0.2, 0.25) is 5.91 Å². The summed E-state index contributed by atoms with van der Waals surface area (Å²) in [5, 5.41) is 3.03. The number of allylic oxidation sites excluding steroid dienone is 15. The Hall–Kier alpha value is -3.07. The molecule has 3 unspecified atom stereocenters. The number of esters is 1. The van der Waals surface area contributed by atoms with Gasteiger partial charge in [0.1, 0.15) is 19.3 Å². The molecule has 0 aromatic carbocycles. The molecule has 0 heterocycles. The summed E-state index contributed by atoms with van der Waals surface area (Å²) in [5.41, 5.74) is 0. The third-order valence-electron chi connectivity index (χ3n) is 16.5. The number of rotatable bonds is 68. The number of hydrogen-bond donors (Lipinski definition) is 1. The summed E-state index contributed by atoms with van der Waals surface area (Å²) in [7, 11) is 1.17. The maximum absolute atomic E-state index is 13.6. The van der Waals surface area contributed by atoms with Crippen LogP contribution in [0.15, 0.2) is 97.2 Å². The van der Waals surface area contributed by atoms with Gasteiger partial charge in [0.05, 0.1) is 33.8 Å². The summed E-state index contributed by atoms with van der Waals surface area (Å²) in [5.74, 6) is -0.562. The van der Waals surface area contributed by atoms with Crippen molar-refractivity contribution in [3.05, 3.63) is 97.2 Å². The van der Waals surface area contributed by atoms with Crippen LogP contribution in [0.2, 0.25) is 0 Å². The summed E-state index contributed by atoms with van der Waals surface area (Å²) in [6.07, 6.45) is 92.6. The molecule has 3 atom stereocenters. The van der Waals surface area contributed by atoms with E-state index in [1.54, 1.807) is 0 Å². The van der Waals surface area contributed by atoms with Crippen molar-refractivity contribution in [3.8, 4) is 0 Å². The normalized spacial score (nSPS) is 14.0. The van der Waals surface area contributed by atoms with Crippen molar-refractivity contribution in [3.63, 3.8) is 0 Å².